The maximum Gasteiger partial charge on any atom is 0.223 e. The van der Waals surface area contributed by atoms with Gasteiger partial charge in [-0.1, -0.05) is 0 Å². The van der Waals surface area contributed by atoms with Crippen molar-refractivity contribution in [3.05, 3.63) is 0 Å². The molecular weight excluding hydrogens is 204 g/mol. The maximum atomic E-state index is 11.8. The van der Waals surface area contributed by atoms with Crippen molar-refractivity contribution >= 4 is 11.8 Å². The van der Waals surface area contributed by atoms with Crippen LogP contribution in [-0.4, -0.2) is 23.9 Å². The van der Waals surface area contributed by atoms with Gasteiger partial charge in [0.05, 0.1) is 0 Å². The van der Waals surface area contributed by atoms with Crippen molar-refractivity contribution in [2.75, 3.05) is 6.54 Å². The number of hydrogen-bond donors (Lipinski definition) is 2. The van der Waals surface area contributed by atoms with E-state index in [9.17, 15) is 9.59 Å². The van der Waals surface area contributed by atoms with Crippen LogP contribution in [0.15, 0.2) is 0 Å². The van der Waals surface area contributed by atoms with Gasteiger partial charge in [0, 0.05) is 24.4 Å². The van der Waals surface area contributed by atoms with Gasteiger partial charge in [-0.15, -0.1) is 0 Å². The lowest BCUT2D eigenvalue weighted by atomic mass is 9.67. The lowest BCUT2D eigenvalue weighted by molar-refractivity contribution is -0.131. The van der Waals surface area contributed by atoms with Crippen LogP contribution in [0.5, 0.6) is 0 Å². The van der Waals surface area contributed by atoms with E-state index in [4.69, 9.17) is 0 Å². The molecule has 0 atom stereocenters. The Morgan fingerprint density at radius 3 is 2.75 bits per heavy atom. The van der Waals surface area contributed by atoms with Crippen molar-refractivity contribution in [3.63, 3.8) is 0 Å². The Bertz CT molecular complexity index is 330. The molecule has 1 saturated heterocycles. The number of carbonyl (C=O) groups is 2. The van der Waals surface area contributed by atoms with E-state index in [-0.39, 0.29) is 23.3 Å². The molecule has 1 heterocycles. The Kier molecular flexibility index (Phi) is 2.19. The molecule has 88 valence electrons. The van der Waals surface area contributed by atoms with Gasteiger partial charge in [0.2, 0.25) is 11.8 Å². The number of nitrogens with one attached hydrogen (secondary N) is 2. The smallest absolute Gasteiger partial charge is 0.223 e. The van der Waals surface area contributed by atoms with E-state index in [1.807, 2.05) is 0 Å². The molecule has 16 heavy (non-hydrogen) atoms. The summed E-state index contributed by atoms with van der Waals surface area (Å²) in [6.07, 6.45) is 5.77. The fraction of sp³-hybridized carbons (Fsp3) is 0.833. The Labute approximate surface area is 95.2 Å². The molecule has 3 aliphatic rings. The molecule has 3 fully saturated rings. The van der Waals surface area contributed by atoms with Gasteiger partial charge in [-0.2, -0.15) is 0 Å². The number of rotatable bonds is 3. The minimum absolute atomic E-state index is 0.0152. The zero-order valence-electron chi connectivity index (χ0n) is 9.42. The highest BCUT2D eigenvalue weighted by atomic mass is 16.2. The highest BCUT2D eigenvalue weighted by Gasteiger charge is 2.50. The van der Waals surface area contributed by atoms with Crippen LogP contribution in [0.1, 0.15) is 38.5 Å². The predicted molar refractivity (Wildman–Crippen MR) is 58.6 cm³/mol. The van der Waals surface area contributed by atoms with Crippen molar-refractivity contribution in [2.24, 2.45) is 11.8 Å². The maximum absolute atomic E-state index is 11.8. The summed E-state index contributed by atoms with van der Waals surface area (Å²) < 4.78 is 0. The molecule has 4 heteroatoms. The second kappa shape index (κ2) is 3.47. The third-order valence-electron chi connectivity index (χ3n) is 4.14. The van der Waals surface area contributed by atoms with Crippen molar-refractivity contribution in [1.82, 2.24) is 10.6 Å². The Hall–Kier alpha value is -1.06. The zero-order chi connectivity index (χ0) is 11.2. The summed E-state index contributed by atoms with van der Waals surface area (Å²) in [4.78, 5) is 22.9. The average Bonchev–Trinajstić information content (AvgIpc) is 2.94. The Morgan fingerprint density at radius 1 is 1.44 bits per heavy atom. The first-order chi connectivity index (χ1) is 7.67. The summed E-state index contributed by atoms with van der Waals surface area (Å²) in [5, 5.41) is 6.02. The van der Waals surface area contributed by atoms with Crippen molar-refractivity contribution in [3.8, 4) is 0 Å². The van der Waals surface area contributed by atoms with Gasteiger partial charge in [-0.25, -0.2) is 0 Å². The third kappa shape index (κ3) is 1.81. The normalized spacial score (nSPS) is 37.0. The summed E-state index contributed by atoms with van der Waals surface area (Å²) in [7, 11) is 0. The summed E-state index contributed by atoms with van der Waals surface area (Å²) in [6, 6.07) is 0. The lowest BCUT2D eigenvalue weighted by Crippen LogP contribution is -2.56. The molecule has 0 aromatic carbocycles. The Morgan fingerprint density at radius 2 is 2.19 bits per heavy atom. The molecule has 2 aliphatic carbocycles. The van der Waals surface area contributed by atoms with E-state index in [1.54, 1.807) is 0 Å². The monoisotopic (exact) mass is 222 g/mol. The standard InChI is InChI=1S/C12H18N2O2/c15-10-3-4-12(14-10)5-9(6-12)11(16)13-7-8-1-2-8/h8-9H,1-7H2,(H,13,16)(H,14,15). The van der Waals surface area contributed by atoms with Gasteiger partial charge >= 0.3 is 0 Å². The van der Waals surface area contributed by atoms with E-state index in [2.05, 4.69) is 10.6 Å². The van der Waals surface area contributed by atoms with E-state index < -0.39 is 0 Å². The van der Waals surface area contributed by atoms with Gasteiger partial charge in [-0.3, -0.25) is 9.59 Å². The topological polar surface area (TPSA) is 58.2 Å². The molecule has 2 N–H and O–H groups in total. The predicted octanol–water partition coefficient (Wildman–Crippen LogP) is 0.571. The van der Waals surface area contributed by atoms with Crippen LogP contribution in [-0.2, 0) is 9.59 Å². The minimum Gasteiger partial charge on any atom is -0.356 e. The van der Waals surface area contributed by atoms with Gasteiger partial charge in [0.15, 0.2) is 0 Å². The molecule has 0 aromatic heterocycles. The first kappa shape index (κ1) is 10.1. The van der Waals surface area contributed by atoms with Crippen molar-refractivity contribution in [1.29, 1.82) is 0 Å². The molecule has 0 aromatic rings. The molecule has 2 amide bonds. The van der Waals surface area contributed by atoms with Crippen LogP contribution in [0.3, 0.4) is 0 Å². The van der Waals surface area contributed by atoms with Crippen molar-refractivity contribution in [2.45, 2.75) is 44.1 Å². The number of amides is 2. The number of carbonyl (C=O) groups excluding carboxylic acids is 2. The zero-order valence-corrected chi connectivity index (χ0v) is 9.42. The second-order valence-electron chi connectivity index (χ2n) is 5.62. The Balaban J connectivity index is 1.45. The highest BCUT2D eigenvalue weighted by Crippen LogP contribution is 2.44. The first-order valence-corrected chi connectivity index (χ1v) is 6.26. The van der Waals surface area contributed by atoms with Gasteiger partial charge in [-0.05, 0) is 38.0 Å². The van der Waals surface area contributed by atoms with E-state index in [1.165, 1.54) is 12.8 Å². The van der Waals surface area contributed by atoms with E-state index in [0.717, 1.165) is 31.7 Å². The van der Waals surface area contributed by atoms with Gasteiger partial charge in [0.25, 0.3) is 0 Å². The molecule has 1 aliphatic heterocycles. The summed E-state index contributed by atoms with van der Waals surface area (Å²) >= 11 is 0. The molecule has 3 rings (SSSR count). The van der Waals surface area contributed by atoms with E-state index in [0.29, 0.717) is 6.42 Å². The van der Waals surface area contributed by atoms with Gasteiger partial charge < -0.3 is 10.6 Å². The molecule has 1 spiro atoms. The fourth-order valence-corrected chi connectivity index (χ4v) is 2.86. The molecular formula is C12H18N2O2. The van der Waals surface area contributed by atoms with Crippen LogP contribution in [0.2, 0.25) is 0 Å². The van der Waals surface area contributed by atoms with Crippen LogP contribution >= 0.6 is 0 Å². The third-order valence-corrected chi connectivity index (χ3v) is 4.14. The second-order valence-corrected chi connectivity index (χ2v) is 5.62. The van der Waals surface area contributed by atoms with Crippen LogP contribution in [0.25, 0.3) is 0 Å². The average molecular weight is 222 g/mol. The summed E-state index contributed by atoms with van der Waals surface area (Å²) in [5.41, 5.74) is -0.0152. The highest BCUT2D eigenvalue weighted by molar-refractivity contribution is 5.83. The lowest BCUT2D eigenvalue weighted by Gasteiger charge is -2.44. The van der Waals surface area contributed by atoms with Crippen LogP contribution in [0.4, 0.5) is 0 Å². The molecule has 2 saturated carbocycles. The number of hydrogen-bond acceptors (Lipinski definition) is 2. The SMILES string of the molecule is O=C1CCC2(CC(C(=O)NCC3CC3)C2)N1. The summed E-state index contributed by atoms with van der Waals surface area (Å²) in [5.74, 6) is 1.22. The van der Waals surface area contributed by atoms with Gasteiger partial charge in [0.1, 0.15) is 0 Å². The van der Waals surface area contributed by atoms with Crippen molar-refractivity contribution < 1.29 is 9.59 Å². The van der Waals surface area contributed by atoms with Crippen LogP contribution < -0.4 is 10.6 Å². The van der Waals surface area contributed by atoms with Crippen LogP contribution in [0, 0.1) is 11.8 Å². The first-order valence-electron chi connectivity index (χ1n) is 6.26. The molecule has 4 nitrogen and oxygen atoms in total. The minimum atomic E-state index is -0.0152. The quantitative estimate of drug-likeness (QED) is 0.733. The largest absolute Gasteiger partial charge is 0.356 e. The molecule has 0 unspecified atom stereocenters. The molecule has 0 radical (unpaired) electrons. The fourth-order valence-electron chi connectivity index (χ4n) is 2.86. The van der Waals surface area contributed by atoms with E-state index >= 15 is 0 Å². The molecule has 0 bridgehead atoms. The summed E-state index contributed by atoms with van der Waals surface area (Å²) in [6.45, 7) is 0.856.